The van der Waals surface area contributed by atoms with Crippen molar-refractivity contribution in [3.05, 3.63) is 43.9 Å². The molecule has 0 bridgehead atoms. The average Bonchev–Trinajstić information content (AvgIpc) is 2.99. The number of anilines is 1. The van der Waals surface area contributed by atoms with E-state index in [9.17, 15) is 4.79 Å². The van der Waals surface area contributed by atoms with E-state index < -0.39 is 0 Å². The van der Waals surface area contributed by atoms with Crippen LogP contribution in [0, 0.1) is 10.5 Å². The number of rotatable bonds is 2. The number of imidazole rings is 1. The standard InChI is InChI=1S/C18H20IN5O/c1-10-8-12(24-6-3-11(20)4-7-24)9-14-16(10)23-17(22-14)15-13(19)2-5-21-18(15)25/h2,5,8-9,11H,3-4,6-7,20H2,1H3,(H,21,25)(H,22,23). The number of halogens is 1. The first kappa shape index (κ1) is 16.6. The molecule has 0 saturated carbocycles. The lowest BCUT2D eigenvalue weighted by Gasteiger charge is -2.32. The van der Waals surface area contributed by atoms with Crippen molar-refractivity contribution in [1.29, 1.82) is 0 Å². The summed E-state index contributed by atoms with van der Waals surface area (Å²) in [5, 5.41) is 0. The minimum Gasteiger partial charge on any atom is -0.371 e. The van der Waals surface area contributed by atoms with Crippen LogP contribution in [0.2, 0.25) is 0 Å². The highest BCUT2D eigenvalue weighted by Crippen LogP contribution is 2.29. The van der Waals surface area contributed by atoms with Crippen LogP contribution in [0.5, 0.6) is 0 Å². The molecule has 3 aromatic rings. The summed E-state index contributed by atoms with van der Waals surface area (Å²) in [5.41, 5.74) is 10.6. The van der Waals surface area contributed by atoms with E-state index >= 15 is 0 Å². The molecule has 25 heavy (non-hydrogen) atoms. The van der Waals surface area contributed by atoms with E-state index in [1.54, 1.807) is 6.20 Å². The fourth-order valence-corrected chi connectivity index (χ4v) is 4.09. The maximum Gasteiger partial charge on any atom is 0.260 e. The van der Waals surface area contributed by atoms with Crippen molar-refractivity contribution >= 4 is 39.3 Å². The Hall–Kier alpha value is -1.87. The zero-order chi connectivity index (χ0) is 17.6. The largest absolute Gasteiger partial charge is 0.371 e. The molecule has 0 amide bonds. The van der Waals surface area contributed by atoms with E-state index in [0.29, 0.717) is 17.4 Å². The van der Waals surface area contributed by atoms with Gasteiger partial charge in [0.15, 0.2) is 0 Å². The summed E-state index contributed by atoms with van der Waals surface area (Å²) in [6.07, 6.45) is 3.69. The number of hydrogen-bond acceptors (Lipinski definition) is 4. The van der Waals surface area contributed by atoms with Gasteiger partial charge >= 0.3 is 0 Å². The summed E-state index contributed by atoms with van der Waals surface area (Å²) in [6.45, 7) is 4.01. The molecule has 4 N–H and O–H groups in total. The number of pyridine rings is 1. The molecule has 1 aliphatic heterocycles. The molecule has 0 spiro atoms. The second kappa shape index (κ2) is 6.45. The Kier molecular flexibility index (Phi) is 4.28. The zero-order valence-corrected chi connectivity index (χ0v) is 16.1. The van der Waals surface area contributed by atoms with Gasteiger partial charge < -0.3 is 20.6 Å². The first-order valence-electron chi connectivity index (χ1n) is 8.41. The Bertz CT molecular complexity index is 985. The summed E-state index contributed by atoms with van der Waals surface area (Å²) in [7, 11) is 0. The smallest absolute Gasteiger partial charge is 0.260 e. The quantitative estimate of drug-likeness (QED) is 0.525. The van der Waals surface area contributed by atoms with Crippen LogP contribution in [-0.4, -0.2) is 34.1 Å². The lowest BCUT2D eigenvalue weighted by molar-refractivity contribution is 0.501. The van der Waals surface area contributed by atoms with Gasteiger partial charge in [-0.2, -0.15) is 0 Å². The van der Waals surface area contributed by atoms with E-state index in [-0.39, 0.29) is 5.56 Å². The van der Waals surface area contributed by atoms with Gasteiger partial charge in [-0.1, -0.05) is 0 Å². The Morgan fingerprint density at radius 1 is 1.32 bits per heavy atom. The van der Waals surface area contributed by atoms with Gasteiger partial charge in [0, 0.05) is 34.6 Å². The number of aryl methyl sites for hydroxylation is 1. The minimum atomic E-state index is -0.131. The van der Waals surface area contributed by atoms with Crippen molar-refractivity contribution in [2.75, 3.05) is 18.0 Å². The van der Waals surface area contributed by atoms with Gasteiger partial charge in [-0.25, -0.2) is 4.98 Å². The predicted octanol–water partition coefficient (Wildman–Crippen LogP) is 2.76. The Morgan fingerprint density at radius 2 is 2.08 bits per heavy atom. The van der Waals surface area contributed by atoms with Crippen LogP contribution < -0.4 is 16.2 Å². The third kappa shape index (κ3) is 3.06. The topological polar surface area (TPSA) is 90.8 Å². The number of aromatic nitrogens is 3. The highest BCUT2D eigenvalue weighted by atomic mass is 127. The van der Waals surface area contributed by atoms with Gasteiger partial charge in [0.25, 0.3) is 5.56 Å². The number of nitrogens with zero attached hydrogens (tertiary/aromatic N) is 2. The highest BCUT2D eigenvalue weighted by molar-refractivity contribution is 14.1. The van der Waals surface area contributed by atoms with Crippen LogP contribution in [0.15, 0.2) is 29.2 Å². The molecule has 3 heterocycles. The summed E-state index contributed by atoms with van der Waals surface area (Å²) in [6, 6.07) is 6.48. The van der Waals surface area contributed by atoms with E-state index in [4.69, 9.17) is 5.73 Å². The van der Waals surface area contributed by atoms with Crippen molar-refractivity contribution in [2.24, 2.45) is 5.73 Å². The number of piperidine rings is 1. The molecule has 1 aromatic carbocycles. The summed E-state index contributed by atoms with van der Waals surface area (Å²) in [4.78, 5) is 25.3. The molecule has 1 fully saturated rings. The molecule has 1 saturated heterocycles. The Balaban J connectivity index is 1.79. The normalized spacial score (nSPS) is 15.9. The molecule has 0 radical (unpaired) electrons. The van der Waals surface area contributed by atoms with Gasteiger partial charge in [-0.15, -0.1) is 0 Å². The molecule has 130 valence electrons. The third-order valence-electron chi connectivity index (χ3n) is 4.81. The summed E-state index contributed by atoms with van der Waals surface area (Å²) >= 11 is 2.17. The lowest BCUT2D eigenvalue weighted by Crippen LogP contribution is -2.39. The monoisotopic (exact) mass is 449 g/mol. The molecule has 1 aliphatic rings. The molecule has 6 nitrogen and oxygen atoms in total. The molecule has 0 aliphatic carbocycles. The first-order valence-corrected chi connectivity index (χ1v) is 9.49. The van der Waals surface area contributed by atoms with Crippen molar-refractivity contribution < 1.29 is 0 Å². The van der Waals surface area contributed by atoms with Gasteiger partial charge in [0.2, 0.25) is 0 Å². The van der Waals surface area contributed by atoms with E-state index in [1.807, 2.05) is 6.07 Å². The molecular weight excluding hydrogens is 429 g/mol. The van der Waals surface area contributed by atoms with E-state index in [0.717, 1.165) is 46.1 Å². The van der Waals surface area contributed by atoms with Gasteiger partial charge in [-0.3, -0.25) is 4.79 Å². The second-order valence-corrected chi connectivity index (χ2v) is 7.76. The lowest BCUT2D eigenvalue weighted by atomic mass is 10.0. The summed E-state index contributed by atoms with van der Waals surface area (Å²) in [5.74, 6) is 0.613. The Labute approximate surface area is 159 Å². The van der Waals surface area contributed by atoms with Crippen LogP contribution in [0.1, 0.15) is 18.4 Å². The van der Waals surface area contributed by atoms with Gasteiger partial charge in [-0.05, 0) is 66.1 Å². The molecular formula is C18H20IN5O. The fourth-order valence-electron chi connectivity index (χ4n) is 3.41. The maximum absolute atomic E-state index is 12.2. The minimum absolute atomic E-state index is 0.131. The Morgan fingerprint density at radius 3 is 2.80 bits per heavy atom. The molecule has 0 atom stereocenters. The first-order chi connectivity index (χ1) is 12.0. The summed E-state index contributed by atoms with van der Waals surface area (Å²) < 4.78 is 0.878. The van der Waals surface area contributed by atoms with Gasteiger partial charge in [0.05, 0.1) is 16.6 Å². The fraction of sp³-hybridized carbons (Fsp3) is 0.333. The average molecular weight is 449 g/mol. The van der Waals surface area contributed by atoms with Crippen LogP contribution in [0.3, 0.4) is 0 Å². The number of aromatic amines is 2. The number of nitrogens with two attached hydrogens (primary N) is 1. The predicted molar refractivity (Wildman–Crippen MR) is 109 cm³/mol. The van der Waals surface area contributed by atoms with E-state index in [1.165, 1.54) is 5.69 Å². The number of hydrogen-bond donors (Lipinski definition) is 3. The number of fused-ring (bicyclic) bond motifs is 1. The SMILES string of the molecule is Cc1cc(N2CCC(N)CC2)cc2[nH]c(-c3c(I)cc[nH]c3=O)nc12. The van der Waals surface area contributed by atoms with Crippen molar-refractivity contribution in [1.82, 2.24) is 15.0 Å². The maximum atomic E-state index is 12.2. The zero-order valence-electron chi connectivity index (χ0n) is 14.0. The molecule has 4 rings (SSSR count). The van der Waals surface area contributed by atoms with Crippen molar-refractivity contribution in [3.63, 3.8) is 0 Å². The highest BCUT2D eigenvalue weighted by Gasteiger charge is 2.19. The molecule has 0 unspecified atom stereocenters. The molecule has 2 aromatic heterocycles. The third-order valence-corrected chi connectivity index (χ3v) is 5.71. The van der Waals surface area contributed by atoms with E-state index in [2.05, 4.69) is 61.5 Å². The van der Waals surface area contributed by atoms with Gasteiger partial charge in [0.1, 0.15) is 5.82 Å². The van der Waals surface area contributed by atoms with Crippen LogP contribution in [0.25, 0.3) is 22.4 Å². The van der Waals surface area contributed by atoms with Crippen LogP contribution in [0.4, 0.5) is 5.69 Å². The van der Waals surface area contributed by atoms with Crippen LogP contribution in [-0.2, 0) is 0 Å². The number of nitrogens with one attached hydrogen (secondary N) is 2. The van der Waals surface area contributed by atoms with Crippen molar-refractivity contribution in [3.8, 4) is 11.4 Å². The van der Waals surface area contributed by atoms with Crippen LogP contribution >= 0.6 is 22.6 Å². The number of H-pyrrole nitrogens is 2. The number of benzene rings is 1. The second-order valence-electron chi connectivity index (χ2n) is 6.60. The van der Waals surface area contributed by atoms with Crippen molar-refractivity contribution in [2.45, 2.75) is 25.8 Å². The molecule has 7 heteroatoms.